The number of fused-ring (bicyclic) bond motifs is 1. The molecule has 0 radical (unpaired) electrons. The Morgan fingerprint density at radius 2 is 1.73 bits per heavy atom. The molecule has 1 aromatic carbocycles. The van der Waals surface area contributed by atoms with Crippen LogP contribution in [0.4, 0.5) is 20.5 Å². The first kappa shape index (κ1) is 25.8. The summed E-state index contributed by atoms with van der Waals surface area (Å²) >= 11 is 0. The van der Waals surface area contributed by atoms with E-state index in [1.807, 2.05) is 6.07 Å². The zero-order valence-corrected chi connectivity index (χ0v) is 21.9. The second-order valence-electron chi connectivity index (χ2n) is 10.4. The number of rotatable bonds is 8. The third-order valence-electron chi connectivity index (χ3n) is 7.80. The molecule has 1 N–H and O–H groups in total. The highest BCUT2D eigenvalue weighted by Gasteiger charge is 2.26. The summed E-state index contributed by atoms with van der Waals surface area (Å²) in [5, 5.41) is 3.44. The topological polar surface area (TPSA) is 71.3 Å². The second kappa shape index (κ2) is 11.3. The molecule has 37 heavy (non-hydrogen) atoms. The quantitative estimate of drug-likeness (QED) is 0.459. The number of hydrogen-bond acceptors (Lipinski definition) is 7. The largest absolute Gasteiger partial charge is 0.378 e. The first-order valence-corrected chi connectivity index (χ1v) is 13.3. The molecule has 2 aliphatic rings. The Balaban J connectivity index is 1.41. The Bertz CT molecular complexity index is 1190. The van der Waals surface area contributed by atoms with E-state index >= 15 is 0 Å². The van der Waals surface area contributed by atoms with Gasteiger partial charge in [0.15, 0.2) is 5.82 Å². The summed E-state index contributed by atoms with van der Waals surface area (Å²) in [6, 6.07) is 10.1. The maximum atomic E-state index is 14.1. The van der Waals surface area contributed by atoms with Crippen LogP contribution in [0.2, 0.25) is 0 Å². The van der Waals surface area contributed by atoms with Crippen LogP contribution in [-0.4, -0.2) is 76.4 Å². The number of nitrogens with zero attached hydrogens (tertiary/aromatic N) is 6. The van der Waals surface area contributed by atoms with Crippen LogP contribution in [0.25, 0.3) is 16.9 Å². The average Bonchev–Trinajstić information content (AvgIpc) is 3.32. The number of anilines is 2. The van der Waals surface area contributed by atoms with Crippen molar-refractivity contribution in [3.8, 4) is 5.82 Å². The number of benzene rings is 1. The van der Waals surface area contributed by atoms with Crippen molar-refractivity contribution in [3.63, 3.8) is 0 Å². The highest BCUT2D eigenvalue weighted by atomic mass is 19.3. The van der Waals surface area contributed by atoms with Crippen molar-refractivity contribution in [2.24, 2.45) is 5.92 Å². The van der Waals surface area contributed by atoms with Gasteiger partial charge in [-0.25, -0.2) is 13.8 Å². The molecule has 0 spiro atoms. The molecule has 1 aliphatic carbocycles. The number of halogens is 2. The molecule has 1 aliphatic heterocycles. The first-order valence-electron chi connectivity index (χ1n) is 13.3. The minimum Gasteiger partial charge on any atom is -0.378 e. The Labute approximate surface area is 217 Å². The van der Waals surface area contributed by atoms with Gasteiger partial charge in [-0.15, -0.1) is 0 Å². The van der Waals surface area contributed by atoms with Gasteiger partial charge in [0.1, 0.15) is 11.6 Å². The van der Waals surface area contributed by atoms with Crippen LogP contribution in [0.5, 0.6) is 0 Å². The molecule has 5 rings (SSSR count). The highest BCUT2D eigenvalue weighted by molar-refractivity contribution is 5.78. The predicted molar refractivity (Wildman–Crippen MR) is 142 cm³/mol. The van der Waals surface area contributed by atoms with Crippen LogP contribution in [0, 0.1) is 5.92 Å². The Hall–Kier alpha value is -2.85. The van der Waals surface area contributed by atoms with Gasteiger partial charge < -0.3 is 19.9 Å². The number of para-hydroxylation sites is 2. The van der Waals surface area contributed by atoms with Gasteiger partial charge in [0.05, 0.1) is 24.2 Å². The number of hydrogen-bond donors (Lipinski definition) is 1. The molecule has 2 fully saturated rings. The van der Waals surface area contributed by atoms with Crippen molar-refractivity contribution >= 4 is 22.8 Å². The lowest BCUT2D eigenvalue weighted by molar-refractivity contribution is 0.122. The fourth-order valence-electron chi connectivity index (χ4n) is 5.42. The lowest BCUT2D eigenvalue weighted by Gasteiger charge is -2.37. The normalized spacial score (nSPS) is 20.9. The minimum absolute atomic E-state index is 0.314. The fraction of sp³-hybridized carbons (Fsp3) is 0.593. The molecule has 8 nitrogen and oxygen atoms in total. The van der Waals surface area contributed by atoms with Crippen LogP contribution in [0.15, 0.2) is 30.3 Å². The number of imidazole rings is 1. The molecule has 200 valence electrons. The van der Waals surface area contributed by atoms with E-state index in [1.165, 1.54) is 17.4 Å². The van der Waals surface area contributed by atoms with Crippen molar-refractivity contribution in [2.75, 3.05) is 50.1 Å². The van der Waals surface area contributed by atoms with E-state index in [-0.39, 0.29) is 5.82 Å². The molecular weight excluding hydrogens is 476 g/mol. The smallest absolute Gasteiger partial charge is 0.296 e. The third-order valence-corrected chi connectivity index (χ3v) is 7.80. The van der Waals surface area contributed by atoms with E-state index in [4.69, 9.17) is 14.7 Å². The van der Waals surface area contributed by atoms with Gasteiger partial charge in [-0.2, -0.15) is 9.97 Å². The third kappa shape index (κ3) is 5.70. The maximum Gasteiger partial charge on any atom is 0.296 e. The van der Waals surface area contributed by atoms with Gasteiger partial charge >= 0.3 is 0 Å². The molecule has 2 aromatic heterocycles. The lowest BCUT2D eigenvalue weighted by atomic mass is 9.85. The predicted octanol–water partition coefficient (Wildman–Crippen LogP) is 4.90. The molecule has 0 atom stereocenters. The van der Waals surface area contributed by atoms with Gasteiger partial charge in [0, 0.05) is 37.8 Å². The summed E-state index contributed by atoms with van der Waals surface area (Å²) in [6.07, 6.45) is 1.92. The summed E-state index contributed by atoms with van der Waals surface area (Å²) < 4.78 is 35.1. The molecule has 0 unspecified atom stereocenters. The van der Waals surface area contributed by atoms with Gasteiger partial charge in [0.2, 0.25) is 5.95 Å². The zero-order chi connectivity index (χ0) is 25.9. The maximum absolute atomic E-state index is 14.1. The van der Waals surface area contributed by atoms with E-state index in [9.17, 15) is 8.78 Å². The number of morpholine rings is 1. The van der Waals surface area contributed by atoms with E-state index in [2.05, 4.69) is 41.0 Å². The summed E-state index contributed by atoms with van der Waals surface area (Å²) in [5.74, 6) is 1.77. The van der Waals surface area contributed by atoms with Crippen LogP contribution in [0.1, 0.15) is 51.8 Å². The van der Waals surface area contributed by atoms with Crippen LogP contribution < -0.4 is 10.2 Å². The number of ether oxygens (including phenoxy) is 1. The van der Waals surface area contributed by atoms with Gasteiger partial charge in [-0.3, -0.25) is 4.57 Å². The molecular formula is C27H37F2N7O. The minimum atomic E-state index is -2.73. The highest BCUT2D eigenvalue weighted by Crippen LogP contribution is 2.31. The van der Waals surface area contributed by atoms with Gasteiger partial charge in [-0.05, 0) is 64.6 Å². The number of nitrogens with one attached hydrogen (secondary N) is 1. The number of aromatic nitrogens is 4. The van der Waals surface area contributed by atoms with Crippen molar-refractivity contribution in [3.05, 3.63) is 36.2 Å². The van der Waals surface area contributed by atoms with Crippen molar-refractivity contribution in [1.29, 1.82) is 0 Å². The van der Waals surface area contributed by atoms with E-state index in [0.29, 0.717) is 72.9 Å². The standard InChI is InChI=1S/C27H37F2N7O/c1-18(2)34(3)20-10-8-19(9-11-20)17-30-27-32-23(35-12-14-37-15-13-35)16-24(33-27)36-22-7-5-4-6-21(22)31-26(36)25(28)29/h4-7,16,18-20,25H,8-15,17H2,1-3H3,(H,30,32,33). The van der Waals surface area contributed by atoms with Crippen LogP contribution >= 0.6 is 0 Å². The SMILES string of the molecule is CC(C)N(C)C1CCC(CNc2nc(N3CCOCC3)cc(-n3c(C(F)F)nc4ccccc43)n2)CC1. The number of alkyl halides is 2. The summed E-state index contributed by atoms with van der Waals surface area (Å²) in [6.45, 7) is 7.83. The molecule has 3 heterocycles. The fourth-order valence-corrected chi connectivity index (χ4v) is 5.42. The molecule has 0 bridgehead atoms. The summed E-state index contributed by atoms with van der Waals surface area (Å²) in [7, 11) is 2.22. The van der Waals surface area contributed by atoms with Crippen molar-refractivity contribution < 1.29 is 13.5 Å². The lowest BCUT2D eigenvalue weighted by Crippen LogP contribution is -2.40. The monoisotopic (exact) mass is 513 g/mol. The Morgan fingerprint density at radius 3 is 2.43 bits per heavy atom. The molecule has 10 heteroatoms. The molecule has 0 amide bonds. The summed E-state index contributed by atoms with van der Waals surface area (Å²) in [4.78, 5) is 18.3. The Morgan fingerprint density at radius 1 is 1.03 bits per heavy atom. The first-order chi connectivity index (χ1) is 17.9. The molecule has 1 saturated heterocycles. The second-order valence-corrected chi connectivity index (χ2v) is 10.4. The van der Waals surface area contributed by atoms with Crippen LogP contribution in [0.3, 0.4) is 0 Å². The van der Waals surface area contributed by atoms with E-state index in [0.717, 1.165) is 19.4 Å². The Kier molecular flexibility index (Phi) is 7.85. The van der Waals surface area contributed by atoms with Crippen molar-refractivity contribution in [2.45, 2.75) is 58.0 Å². The summed E-state index contributed by atoms with van der Waals surface area (Å²) in [5.41, 5.74) is 1.12. The van der Waals surface area contributed by atoms with E-state index in [1.54, 1.807) is 24.3 Å². The molecule has 1 saturated carbocycles. The van der Waals surface area contributed by atoms with E-state index < -0.39 is 6.43 Å². The van der Waals surface area contributed by atoms with Gasteiger partial charge in [-0.1, -0.05) is 12.1 Å². The average molecular weight is 514 g/mol. The van der Waals surface area contributed by atoms with Crippen molar-refractivity contribution in [1.82, 2.24) is 24.4 Å². The van der Waals surface area contributed by atoms with Gasteiger partial charge in [0.25, 0.3) is 6.43 Å². The zero-order valence-electron chi connectivity index (χ0n) is 21.9. The molecule has 3 aromatic rings. The van der Waals surface area contributed by atoms with Crippen LogP contribution in [-0.2, 0) is 4.74 Å².